The summed E-state index contributed by atoms with van der Waals surface area (Å²) in [4.78, 5) is 0. The maximum absolute atomic E-state index is 15.0. The molecule has 0 fully saturated rings. The van der Waals surface area contributed by atoms with Gasteiger partial charge in [0.2, 0.25) is 5.82 Å². The fourth-order valence-electron chi connectivity index (χ4n) is 3.71. The maximum Gasteiger partial charge on any atom is 0.432 e. The largest absolute Gasteiger partial charge is 0.478 e. The molecule has 21 heteroatoms. The van der Waals surface area contributed by atoms with Gasteiger partial charge in [0.15, 0.2) is 23.8 Å². The zero-order valence-electron chi connectivity index (χ0n) is 19.3. The van der Waals surface area contributed by atoms with E-state index in [-0.39, 0.29) is 0 Å². The van der Waals surface area contributed by atoms with Crippen molar-refractivity contribution in [2.24, 2.45) is 11.5 Å². The number of ether oxygens (including phenoxy) is 2. The van der Waals surface area contributed by atoms with Gasteiger partial charge in [0.25, 0.3) is 11.3 Å². The average Bonchev–Trinajstić information content (AvgIpc) is 2.82. The summed E-state index contributed by atoms with van der Waals surface area (Å²) in [5.41, 5.74) is -9.72. The first-order valence-electron chi connectivity index (χ1n) is 10.3. The minimum Gasteiger partial charge on any atom is -0.478 e. The number of nitrogens with two attached hydrogens (primary N) is 2. The molecular weight excluding hydrogens is 635 g/mol. The van der Waals surface area contributed by atoms with Gasteiger partial charge in [-0.1, -0.05) is 0 Å². The van der Waals surface area contributed by atoms with Gasteiger partial charge in [-0.3, -0.25) is 0 Å². The second kappa shape index (κ2) is 9.89. The van der Waals surface area contributed by atoms with Crippen LogP contribution in [-0.4, -0.2) is 35.9 Å². The number of rotatable bonds is 4. The Bertz CT molecular complexity index is 1420. The first-order chi connectivity index (χ1) is 18.8. The minimum atomic E-state index is -6.49. The van der Waals surface area contributed by atoms with E-state index in [1.807, 2.05) is 0 Å². The average molecular weight is 644 g/mol. The molecule has 2 aliphatic carbocycles. The van der Waals surface area contributed by atoms with Crippen molar-refractivity contribution in [2.45, 2.75) is 42.1 Å². The Morgan fingerprint density at radius 2 is 0.952 bits per heavy atom. The molecule has 234 valence electrons. The van der Waals surface area contributed by atoms with Crippen molar-refractivity contribution in [3.05, 3.63) is 70.1 Å². The van der Waals surface area contributed by atoms with Gasteiger partial charge in [0, 0.05) is 18.2 Å². The Hall–Kier alpha value is -3.81. The Balaban J connectivity index is 2.27. The Morgan fingerprint density at radius 3 is 1.29 bits per heavy atom. The van der Waals surface area contributed by atoms with Gasteiger partial charge < -0.3 is 20.9 Å². The van der Waals surface area contributed by atoms with E-state index in [1.165, 1.54) is 0 Å². The first kappa shape index (κ1) is 32.7. The Labute approximate surface area is 220 Å². The van der Waals surface area contributed by atoms with E-state index in [9.17, 15) is 70.2 Å². The molecule has 0 saturated carbocycles. The van der Waals surface area contributed by atoms with Crippen LogP contribution in [0.25, 0.3) is 0 Å². The van der Waals surface area contributed by atoms with Gasteiger partial charge in [-0.2, -0.15) is 43.9 Å². The fourth-order valence-corrected chi connectivity index (χ4v) is 3.71. The lowest BCUT2D eigenvalue weighted by atomic mass is 9.88. The summed E-state index contributed by atoms with van der Waals surface area (Å²) in [5, 5.41) is 0. The van der Waals surface area contributed by atoms with Crippen molar-refractivity contribution in [2.75, 3.05) is 0 Å². The third-order valence-corrected chi connectivity index (χ3v) is 5.79. The molecule has 4 N–H and O–H groups in total. The lowest BCUT2D eigenvalue weighted by Crippen LogP contribution is -2.58. The van der Waals surface area contributed by atoms with Crippen LogP contribution in [0, 0.1) is 11.6 Å². The van der Waals surface area contributed by atoms with E-state index in [0.717, 1.165) is 0 Å². The number of alkyl halides is 11. The molecule has 42 heavy (non-hydrogen) atoms. The number of hydrogen-bond acceptors (Lipinski definition) is 4. The van der Waals surface area contributed by atoms with Crippen LogP contribution in [0.5, 0.6) is 11.5 Å². The van der Waals surface area contributed by atoms with E-state index >= 15 is 4.39 Å². The quantitative estimate of drug-likeness (QED) is 0.346. The van der Waals surface area contributed by atoms with Crippen LogP contribution in [0.4, 0.5) is 74.6 Å². The van der Waals surface area contributed by atoms with Gasteiger partial charge in [-0.25, -0.2) is 30.7 Å². The van der Waals surface area contributed by atoms with Crippen molar-refractivity contribution in [1.29, 1.82) is 0 Å². The predicted molar refractivity (Wildman–Crippen MR) is 103 cm³/mol. The SMILES string of the molecule is NC1=C(F)C=C(F)C(Oc2cc(OC3C(F)=CC(F)=C(N)C3(F)C(F)(F)F)c(C(F)(F)F)c(F)c2F)C1(F)C(F)(F)F. The van der Waals surface area contributed by atoms with Gasteiger partial charge in [0.1, 0.15) is 34.6 Å². The van der Waals surface area contributed by atoms with Crippen molar-refractivity contribution in [1.82, 2.24) is 0 Å². The third-order valence-electron chi connectivity index (χ3n) is 5.79. The minimum absolute atomic E-state index is 0.550. The number of benzene rings is 1. The highest BCUT2D eigenvalue weighted by atomic mass is 19.4. The monoisotopic (exact) mass is 644 g/mol. The summed E-state index contributed by atoms with van der Waals surface area (Å²) in [5.74, 6) is -21.4. The highest BCUT2D eigenvalue weighted by Gasteiger charge is 2.69. The van der Waals surface area contributed by atoms with E-state index in [4.69, 9.17) is 5.73 Å². The zero-order chi connectivity index (χ0) is 32.5. The molecule has 4 nitrogen and oxygen atoms in total. The van der Waals surface area contributed by atoms with E-state index < -0.39 is 124 Å². The molecule has 0 amide bonds. The molecule has 0 spiro atoms. The second-order valence-electron chi connectivity index (χ2n) is 8.37. The first-order valence-corrected chi connectivity index (χ1v) is 10.3. The maximum atomic E-state index is 15.0. The Kier molecular flexibility index (Phi) is 7.70. The summed E-state index contributed by atoms with van der Waals surface area (Å²) in [7, 11) is 0. The molecular formula is C21H9F17N2O2. The van der Waals surface area contributed by atoms with Crippen LogP contribution < -0.4 is 20.9 Å². The van der Waals surface area contributed by atoms with Crippen molar-refractivity contribution in [3.8, 4) is 11.5 Å². The third kappa shape index (κ3) is 4.84. The molecule has 3 rings (SSSR count). The molecule has 0 saturated heterocycles. The molecule has 0 radical (unpaired) electrons. The van der Waals surface area contributed by atoms with Crippen LogP contribution in [0.1, 0.15) is 5.56 Å². The molecule has 2 aliphatic rings. The van der Waals surface area contributed by atoms with Gasteiger partial charge in [0.05, 0.1) is 11.4 Å². The van der Waals surface area contributed by atoms with E-state index in [2.05, 4.69) is 15.2 Å². The standard InChI is InChI=1S/C21H9F17N2O2/c22-4-1-6(24)15(17(28,13(4)39)20(33,34)35)41-8-3-9(11(26)12(27)10(8)19(30,31)32)42-16-7(25)2-5(23)14(40)18(16,29)21(36,37)38/h1-3,15-16H,39-40H2. The summed E-state index contributed by atoms with van der Waals surface area (Å²) < 4.78 is 245. The molecule has 1 aromatic carbocycles. The van der Waals surface area contributed by atoms with Crippen LogP contribution in [0.2, 0.25) is 0 Å². The van der Waals surface area contributed by atoms with Gasteiger partial charge in [-0.05, 0) is 0 Å². The lowest BCUT2D eigenvalue weighted by Gasteiger charge is -2.38. The van der Waals surface area contributed by atoms with Crippen molar-refractivity contribution >= 4 is 0 Å². The topological polar surface area (TPSA) is 70.5 Å². The van der Waals surface area contributed by atoms with Crippen LogP contribution in [-0.2, 0) is 6.18 Å². The zero-order valence-corrected chi connectivity index (χ0v) is 19.3. The smallest absolute Gasteiger partial charge is 0.432 e. The van der Waals surface area contributed by atoms with Crippen molar-refractivity contribution in [3.63, 3.8) is 0 Å². The normalized spacial score (nSPS) is 27.6. The molecule has 4 atom stereocenters. The highest BCUT2D eigenvalue weighted by molar-refractivity contribution is 5.48. The molecule has 0 aromatic heterocycles. The lowest BCUT2D eigenvalue weighted by molar-refractivity contribution is -0.240. The predicted octanol–water partition coefficient (Wildman–Crippen LogP) is 7.03. The molecule has 0 aliphatic heterocycles. The number of allylic oxidation sites excluding steroid dienone is 4. The van der Waals surface area contributed by atoms with E-state index in [1.54, 1.807) is 0 Å². The highest BCUT2D eigenvalue weighted by Crippen LogP contribution is 2.52. The van der Waals surface area contributed by atoms with Gasteiger partial charge >= 0.3 is 18.5 Å². The summed E-state index contributed by atoms with van der Waals surface area (Å²) >= 11 is 0. The van der Waals surface area contributed by atoms with Crippen LogP contribution >= 0.6 is 0 Å². The summed E-state index contributed by atoms with van der Waals surface area (Å²) in [6.07, 6.45) is -28.4. The summed E-state index contributed by atoms with van der Waals surface area (Å²) in [6.45, 7) is 0. The summed E-state index contributed by atoms with van der Waals surface area (Å²) in [6, 6.07) is -0.787. The fraction of sp³-hybridized carbons (Fsp3) is 0.333. The number of halogens is 17. The second-order valence-corrected chi connectivity index (χ2v) is 8.37. The molecule has 1 aromatic rings. The Morgan fingerprint density at radius 1 is 0.595 bits per heavy atom. The van der Waals surface area contributed by atoms with E-state index in [0.29, 0.717) is 0 Å². The van der Waals surface area contributed by atoms with Crippen LogP contribution in [0.15, 0.2) is 52.9 Å². The van der Waals surface area contributed by atoms with Crippen LogP contribution in [0.3, 0.4) is 0 Å². The molecule has 4 unspecified atom stereocenters. The molecule has 0 bridgehead atoms. The molecule has 0 heterocycles. The number of hydrogen-bond donors (Lipinski definition) is 2. The van der Waals surface area contributed by atoms with Crippen molar-refractivity contribution < 1.29 is 84.1 Å². The van der Waals surface area contributed by atoms with Gasteiger partial charge in [-0.15, -0.1) is 0 Å².